The number of carbonyl (C=O) groups is 1. The quantitative estimate of drug-likeness (QED) is 0.813. The van der Waals surface area contributed by atoms with Crippen LogP contribution in [0.25, 0.3) is 6.08 Å². The maximum absolute atomic E-state index is 12.1. The fourth-order valence-corrected chi connectivity index (χ4v) is 2.15. The van der Waals surface area contributed by atoms with Crippen molar-refractivity contribution in [2.45, 2.75) is 6.54 Å². The number of amides is 1. The normalized spacial score (nSPS) is 12.6. The van der Waals surface area contributed by atoms with Crippen LogP contribution in [0, 0.1) is 0 Å². The number of likely N-dealkylation sites (N-methyl/N-ethyl adjacent to an activating group) is 1. The van der Waals surface area contributed by atoms with E-state index in [9.17, 15) is 4.79 Å². The molecule has 0 aliphatic carbocycles. The van der Waals surface area contributed by atoms with E-state index in [1.807, 2.05) is 30.3 Å². The Balaban J connectivity index is 1.63. The topological polar surface area (TPSA) is 51.7 Å². The third-order valence-electron chi connectivity index (χ3n) is 3.33. The molecule has 1 aromatic heterocycles. The summed E-state index contributed by atoms with van der Waals surface area (Å²) in [7, 11) is 1.76. The van der Waals surface area contributed by atoms with Crippen LogP contribution in [0.3, 0.4) is 0 Å². The second-order valence-corrected chi connectivity index (χ2v) is 5.00. The average Bonchev–Trinajstić information content (AvgIpc) is 3.01. The van der Waals surface area contributed by atoms with E-state index < -0.39 is 0 Å². The van der Waals surface area contributed by atoms with Crippen LogP contribution in [0.1, 0.15) is 11.1 Å². The molecule has 0 unspecified atom stereocenters. The summed E-state index contributed by atoms with van der Waals surface area (Å²) in [5.41, 5.74) is 1.89. The number of hydrogen-bond acceptors (Lipinski definition) is 4. The molecule has 5 nitrogen and oxygen atoms in total. The summed E-state index contributed by atoms with van der Waals surface area (Å²) in [5.74, 6) is 1.37. The lowest BCUT2D eigenvalue weighted by Gasteiger charge is -2.14. The lowest BCUT2D eigenvalue weighted by molar-refractivity contribution is -0.125. The average molecular weight is 296 g/mol. The van der Waals surface area contributed by atoms with Crippen molar-refractivity contribution in [2.75, 3.05) is 13.8 Å². The van der Waals surface area contributed by atoms with Crippen LogP contribution in [0.2, 0.25) is 0 Å². The number of aromatic nitrogens is 1. The van der Waals surface area contributed by atoms with Crippen molar-refractivity contribution in [1.29, 1.82) is 0 Å². The van der Waals surface area contributed by atoms with E-state index in [2.05, 4.69) is 4.98 Å². The van der Waals surface area contributed by atoms with Crippen molar-refractivity contribution in [3.05, 3.63) is 59.9 Å². The second kappa shape index (κ2) is 6.30. The molecule has 1 aliphatic heterocycles. The zero-order chi connectivity index (χ0) is 15.4. The van der Waals surface area contributed by atoms with E-state index >= 15 is 0 Å². The number of benzene rings is 1. The van der Waals surface area contributed by atoms with Crippen LogP contribution in [-0.4, -0.2) is 29.6 Å². The molecular formula is C17H16N2O3. The van der Waals surface area contributed by atoms with Crippen LogP contribution >= 0.6 is 0 Å². The summed E-state index contributed by atoms with van der Waals surface area (Å²) in [6.07, 6.45) is 6.79. The van der Waals surface area contributed by atoms with Gasteiger partial charge in [-0.05, 0) is 35.4 Å². The van der Waals surface area contributed by atoms with E-state index in [0.29, 0.717) is 12.3 Å². The monoisotopic (exact) mass is 296 g/mol. The highest BCUT2D eigenvalue weighted by molar-refractivity contribution is 5.91. The van der Waals surface area contributed by atoms with Gasteiger partial charge in [0.1, 0.15) is 0 Å². The summed E-state index contributed by atoms with van der Waals surface area (Å²) in [4.78, 5) is 17.8. The van der Waals surface area contributed by atoms with Gasteiger partial charge in [-0.25, -0.2) is 0 Å². The molecule has 1 amide bonds. The number of pyridine rings is 1. The van der Waals surface area contributed by atoms with Gasteiger partial charge in [-0.2, -0.15) is 0 Å². The Morgan fingerprint density at radius 2 is 2.18 bits per heavy atom. The number of ether oxygens (including phenoxy) is 2. The van der Waals surface area contributed by atoms with Gasteiger partial charge in [0.15, 0.2) is 11.5 Å². The van der Waals surface area contributed by atoms with Crippen LogP contribution < -0.4 is 9.47 Å². The predicted molar refractivity (Wildman–Crippen MR) is 82.3 cm³/mol. The first-order valence-corrected chi connectivity index (χ1v) is 6.94. The molecule has 22 heavy (non-hydrogen) atoms. The van der Waals surface area contributed by atoms with Gasteiger partial charge >= 0.3 is 0 Å². The van der Waals surface area contributed by atoms with Gasteiger partial charge in [-0.15, -0.1) is 0 Å². The Labute approximate surface area is 128 Å². The number of carbonyl (C=O) groups excluding carboxylic acids is 1. The van der Waals surface area contributed by atoms with Crippen molar-refractivity contribution < 1.29 is 14.3 Å². The van der Waals surface area contributed by atoms with Crippen LogP contribution in [0.4, 0.5) is 0 Å². The summed E-state index contributed by atoms with van der Waals surface area (Å²) in [5, 5.41) is 0. The summed E-state index contributed by atoms with van der Waals surface area (Å²) < 4.78 is 10.6. The molecule has 0 N–H and O–H groups in total. The van der Waals surface area contributed by atoms with E-state index in [1.165, 1.54) is 0 Å². The SMILES string of the molecule is CN(Cc1cccnc1)C(=O)/C=C/c1ccc2c(c1)OCO2. The number of hydrogen-bond donors (Lipinski definition) is 0. The van der Waals surface area contributed by atoms with Gasteiger partial charge in [-0.3, -0.25) is 9.78 Å². The van der Waals surface area contributed by atoms with E-state index in [-0.39, 0.29) is 12.7 Å². The van der Waals surface area contributed by atoms with Gasteiger partial charge in [0.25, 0.3) is 0 Å². The number of rotatable bonds is 4. The van der Waals surface area contributed by atoms with Gasteiger partial charge < -0.3 is 14.4 Å². The highest BCUT2D eigenvalue weighted by Crippen LogP contribution is 2.32. The van der Waals surface area contributed by atoms with E-state index in [0.717, 1.165) is 16.9 Å². The largest absolute Gasteiger partial charge is 0.454 e. The molecule has 1 aromatic carbocycles. The van der Waals surface area contributed by atoms with Crippen LogP contribution in [-0.2, 0) is 11.3 Å². The molecule has 3 rings (SSSR count). The van der Waals surface area contributed by atoms with Crippen molar-refractivity contribution in [3.63, 3.8) is 0 Å². The molecule has 0 radical (unpaired) electrons. The maximum atomic E-state index is 12.1. The fraction of sp³-hybridized carbons (Fsp3) is 0.176. The molecule has 0 saturated heterocycles. The number of nitrogens with zero attached hydrogens (tertiary/aromatic N) is 2. The zero-order valence-corrected chi connectivity index (χ0v) is 12.2. The second-order valence-electron chi connectivity index (χ2n) is 5.00. The first kappa shape index (κ1) is 14.1. The predicted octanol–water partition coefficient (Wildman–Crippen LogP) is 2.48. The summed E-state index contributed by atoms with van der Waals surface area (Å²) >= 11 is 0. The van der Waals surface area contributed by atoms with Gasteiger partial charge in [0, 0.05) is 32.1 Å². The lowest BCUT2D eigenvalue weighted by Crippen LogP contribution is -2.24. The first-order chi connectivity index (χ1) is 10.7. The van der Waals surface area contributed by atoms with Crippen molar-refractivity contribution in [2.24, 2.45) is 0 Å². The molecule has 112 valence electrons. The van der Waals surface area contributed by atoms with E-state index in [1.54, 1.807) is 36.5 Å². The highest BCUT2D eigenvalue weighted by Gasteiger charge is 2.12. The third-order valence-corrected chi connectivity index (χ3v) is 3.33. The van der Waals surface area contributed by atoms with Gasteiger partial charge in [0.2, 0.25) is 12.7 Å². The maximum Gasteiger partial charge on any atom is 0.246 e. The van der Waals surface area contributed by atoms with Gasteiger partial charge in [-0.1, -0.05) is 12.1 Å². The molecule has 0 saturated carbocycles. The Kier molecular flexibility index (Phi) is 4.05. The van der Waals surface area contributed by atoms with E-state index in [4.69, 9.17) is 9.47 Å². The van der Waals surface area contributed by atoms with Crippen LogP contribution in [0.15, 0.2) is 48.8 Å². The van der Waals surface area contributed by atoms with Crippen molar-refractivity contribution >= 4 is 12.0 Å². The smallest absolute Gasteiger partial charge is 0.246 e. The Hall–Kier alpha value is -2.82. The zero-order valence-electron chi connectivity index (χ0n) is 12.2. The Bertz CT molecular complexity index is 698. The molecular weight excluding hydrogens is 280 g/mol. The summed E-state index contributed by atoms with van der Waals surface area (Å²) in [6, 6.07) is 9.38. The minimum Gasteiger partial charge on any atom is -0.454 e. The molecule has 5 heteroatoms. The molecule has 0 spiro atoms. The third kappa shape index (κ3) is 3.25. The molecule has 0 atom stereocenters. The molecule has 0 bridgehead atoms. The Morgan fingerprint density at radius 1 is 1.32 bits per heavy atom. The Morgan fingerprint density at radius 3 is 3.00 bits per heavy atom. The molecule has 0 fully saturated rings. The molecule has 2 heterocycles. The highest BCUT2D eigenvalue weighted by atomic mass is 16.7. The van der Waals surface area contributed by atoms with Gasteiger partial charge in [0.05, 0.1) is 0 Å². The summed E-state index contributed by atoms with van der Waals surface area (Å²) in [6.45, 7) is 0.771. The minimum absolute atomic E-state index is 0.0680. The van der Waals surface area contributed by atoms with Crippen LogP contribution in [0.5, 0.6) is 11.5 Å². The standard InChI is InChI=1S/C17H16N2O3/c1-19(11-14-3-2-8-18-10-14)17(20)7-5-13-4-6-15-16(9-13)22-12-21-15/h2-10H,11-12H2,1H3/b7-5+. The van der Waals surface area contributed by atoms with Crippen molar-refractivity contribution in [3.8, 4) is 11.5 Å². The fourth-order valence-electron chi connectivity index (χ4n) is 2.15. The number of fused-ring (bicyclic) bond motifs is 1. The van der Waals surface area contributed by atoms with Crippen molar-refractivity contribution in [1.82, 2.24) is 9.88 Å². The lowest BCUT2D eigenvalue weighted by atomic mass is 10.2. The molecule has 1 aliphatic rings. The first-order valence-electron chi connectivity index (χ1n) is 6.94. The minimum atomic E-state index is -0.0680. The molecule has 2 aromatic rings.